The molecule has 0 fully saturated rings. The summed E-state index contributed by atoms with van der Waals surface area (Å²) in [5.74, 6) is -1.16. The zero-order valence-corrected chi connectivity index (χ0v) is 13.9. The summed E-state index contributed by atoms with van der Waals surface area (Å²) >= 11 is 0. The summed E-state index contributed by atoms with van der Waals surface area (Å²) in [6, 6.07) is 9.52. The Morgan fingerprint density at radius 1 is 1.12 bits per heavy atom. The van der Waals surface area contributed by atoms with Gasteiger partial charge in [-0.3, -0.25) is 10.1 Å². The molecule has 0 aliphatic heterocycles. The maximum atomic E-state index is 12.2. The van der Waals surface area contributed by atoms with Crippen LogP contribution in [0.25, 0.3) is 21.7 Å². The molecule has 130 valence electrons. The number of aromatic hydroxyl groups is 1. The molecule has 0 spiro atoms. The Morgan fingerprint density at radius 2 is 1.80 bits per heavy atom. The predicted molar refractivity (Wildman–Crippen MR) is 94.8 cm³/mol. The molecule has 3 aromatic rings. The van der Waals surface area contributed by atoms with E-state index in [-0.39, 0.29) is 23.8 Å². The Balaban J connectivity index is 2.13. The fourth-order valence-electron chi connectivity index (χ4n) is 2.98. The summed E-state index contributed by atoms with van der Waals surface area (Å²) < 4.78 is 5.44. The van der Waals surface area contributed by atoms with Crippen molar-refractivity contribution in [3.05, 3.63) is 52.4 Å². The van der Waals surface area contributed by atoms with Crippen LogP contribution in [0.3, 0.4) is 0 Å². The summed E-state index contributed by atoms with van der Waals surface area (Å²) in [7, 11) is 0. The second-order valence-electron chi connectivity index (χ2n) is 6.32. The van der Waals surface area contributed by atoms with Gasteiger partial charge in [-0.2, -0.15) is 0 Å². The number of aliphatic carboxylic acids is 1. The molecule has 0 saturated heterocycles. The number of carboxylic acids is 1. The maximum absolute atomic E-state index is 12.2. The lowest BCUT2D eigenvalue weighted by Crippen LogP contribution is -2.40. The Hall–Kier alpha value is -2.86. The van der Waals surface area contributed by atoms with Crippen molar-refractivity contribution < 1.29 is 19.4 Å². The van der Waals surface area contributed by atoms with E-state index in [1.807, 2.05) is 12.1 Å². The van der Waals surface area contributed by atoms with Crippen LogP contribution in [0.1, 0.15) is 19.4 Å². The number of hydrogen-bond acceptors (Lipinski definition) is 5. The van der Waals surface area contributed by atoms with Crippen molar-refractivity contribution in [1.29, 1.82) is 0 Å². The molecule has 6 heteroatoms. The number of phenols is 1. The Kier molecular flexibility index (Phi) is 4.46. The highest BCUT2D eigenvalue weighted by molar-refractivity contribution is 6.05. The van der Waals surface area contributed by atoms with Crippen LogP contribution in [0.2, 0.25) is 0 Å². The smallest absolute Gasteiger partial charge is 0.344 e. The minimum atomic E-state index is -0.971. The van der Waals surface area contributed by atoms with Gasteiger partial charge in [-0.1, -0.05) is 32.0 Å². The fourth-order valence-corrected chi connectivity index (χ4v) is 2.98. The highest BCUT2D eigenvalue weighted by Crippen LogP contribution is 2.30. The molecule has 6 nitrogen and oxygen atoms in total. The number of hydrogen-bond donors (Lipinski definition) is 3. The third-order valence-electron chi connectivity index (χ3n) is 4.30. The van der Waals surface area contributed by atoms with Crippen LogP contribution < -0.4 is 10.9 Å². The minimum absolute atomic E-state index is 0.0497. The number of fused-ring (bicyclic) bond motifs is 3. The molecule has 2 aromatic carbocycles. The Bertz CT molecular complexity index is 1010. The van der Waals surface area contributed by atoms with E-state index in [0.29, 0.717) is 16.3 Å². The first kappa shape index (κ1) is 17.0. The van der Waals surface area contributed by atoms with Gasteiger partial charge in [-0.15, -0.1) is 0 Å². The molecule has 1 aromatic heterocycles. The van der Waals surface area contributed by atoms with Gasteiger partial charge in [0.25, 0.3) is 0 Å². The fraction of sp³-hybridized carbons (Fsp3) is 0.263. The Morgan fingerprint density at radius 3 is 2.44 bits per heavy atom. The summed E-state index contributed by atoms with van der Waals surface area (Å²) in [5, 5.41) is 24.3. The number of carboxylic acid groups (broad SMARTS) is 1. The van der Waals surface area contributed by atoms with E-state index in [4.69, 9.17) is 4.42 Å². The highest BCUT2D eigenvalue weighted by atomic mass is 16.4. The third kappa shape index (κ3) is 3.08. The molecule has 0 aliphatic carbocycles. The van der Waals surface area contributed by atoms with E-state index in [2.05, 4.69) is 5.32 Å². The summed E-state index contributed by atoms with van der Waals surface area (Å²) in [4.78, 5) is 23.6. The molecule has 3 rings (SSSR count). The van der Waals surface area contributed by atoms with Crippen molar-refractivity contribution in [3.8, 4) is 5.75 Å². The van der Waals surface area contributed by atoms with Crippen molar-refractivity contribution in [1.82, 2.24) is 5.32 Å². The van der Waals surface area contributed by atoms with Gasteiger partial charge in [0, 0.05) is 11.9 Å². The lowest BCUT2D eigenvalue weighted by Gasteiger charge is -2.18. The molecule has 0 aliphatic rings. The highest BCUT2D eigenvalue weighted by Gasteiger charge is 2.22. The average Bonchev–Trinajstić information content (AvgIpc) is 2.56. The lowest BCUT2D eigenvalue weighted by atomic mass is 10.0. The molecule has 0 bridgehead atoms. The van der Waals surface area contributed by atoms with Gasteiger partial charge >= 0.3 is 11.6 Å². The molecule has 1 atom stereocenters. The van der Waals surface area contributed by atoms with Crippen molar-refractivity contribution in [2.24, 2.45) is 5.92 Å². The van der Waals surface area contributed by atoms with E-state index in [0.717, 1.165) is 5.39 Å². The van der Waals surface area contributed by atoms with Crippen molar-refractivity contribution in [3.63, 3.8) is 0 Å². The topological polar surface area (TPSA) is 99.8 Å². The largest absolute Gasteiger partial charge is 0.507 e. The van der Waals surface area contributed by atoms with Crippen LogP contribution >= 0.6 is 0 Å². The number of phenolic OH excluding ortho intramolecular Hbond substituents is 1. The Labute approximate surface area is 143 Å². The first-order valence-electron chi connectivity index (χ1n) is 8.02. The minimum Gasteiger partial charge on any atom is -0.507 e. The van der Waals surface area contributed by atoms with E-state index in [9.17, 15) is 19.8 Å². The molecular weight excluding hydrogens is 322 g/mol. The predicted octanol–water partition coefficient (Wildman–Crippen LogP) is 2.85. The first-order valence-corrected chi connectivity index (χ1v) is 8.02. The van der Waals surface area contributed by atoms with Gasteiger partial charge in [0.1, 0.15) is 17.4 Å². The van der Waals surface area contributed by atoms with Crippen LogP contribution in [0.4, 0.5) is 0 Å². The van der Waals surface area contributed by atoms with Gasteiger partial charge in [0.05, 0.1) is 10.9 Å². The second-order valence-corrected chi connectivity index (χ2v) is 6.32. The van der Waals surface area contributed by atoms with E-state index in [1.54, 1.807) is 32.0 Å². The van der Waals surface area contributed by atoms with Crippen LogP contribution in [0.5, 0.6) is 5.75 Å². The second kappa shape index (κ2) is 6.57. The van der Waals surface area contributed by atoms with Gasteiger partial charge < -0.3 is 14.6 Å². The monoisotopic (exact) mass is 341 g/mol. The molecule has 25 heavy (non-hydrogen) atoms. The van der Waals surface area contributed by atoms with Crippen LogP contribution in [-0.2, 0) is 11.3 Å². The van der Waals surface area contributed by atoms with Crippen molar-refractivity contribution in [2.75, 3.05) is 0 Å². The molecular formula is C19H19NO5. The zero-order valence-electron chi connectivity index (χ0n) is 13.9. The van der Waals surface area contributed by atoms with Gasteiger partial charge in [0.2, 0.25) is 0 Å². The summed E-state index contributed by atoms with van der Waals surface area (Å²) in [6.45, 7) is 3.66. The first-order chi connectivity index (χ1) is 11.9. The van der Waals surface area contributed by atoms with Crippen LogP contribution in [-0.4, -0.2) is 22.2 Å². The molecule has 0 amide bonds. The number of nitrogens with one attached hydrogen (secondary N) is 1. The molecule has 3 N–H and O–H groups in total. The van der Waals surface area contributed by atoms with Crippen LogP contribution in [0, 0.1) is 5.92 Å². The SMILES string of the molecule is CC(C)C(NCc1c(O)ccc2c1oc(=O)c1ccccc12)C(=O)O. The van der Waals surface area contributed by atoms with E-state index in [1.165, 1.54) is 6.07 Å². The molecule has 0 saturated carbocycles. The quantitative estimate of drug-likeness (QED) is 0.487. The van der Waals surface area contributed by atoms with E-state index < -0.39 is 17.6 Å². The lowest BCUT2D eigenvalue weighted by molar-refractivity contribution is -0.140. The van der Waals surface area contributed by atoms with Crippen molar-refractivity contribution in [2.45, 2.75) is 26.4 Å². The zero-order chi connectivity index (χ0) is 18.1. The number of rotatable bonds is 5. The maximum Gasteiger partial charge on any atom is 0.344 e. The standard InChI is InChI=1S/C19H19NO5/c1-10(2)16(18(22)23)20-9-14-15(21)8-7-12-11-5-3-4-6-13(11)19(24)25-17(12)14/h3-8,10,16,20-21H,9H2,1-2H3,(H,22,23). The number of carbonyl (C=O) groups is 1. The van der Waals surface area contributed by atoms with Gasteiger partial charge in [0.15, 0.2) is 0 Å². The molecule has 1 heterocycles. The van der Waals surface area contributed by atoms with Gasteiger partial charge in [-0.25, -0.2) is 4.79 Å². The summed E-state index contributed by atoms with van der Waals surface area (Å²) in [5.41, 5.74) is 0.143. The number of benzene rings is 2. The third-order valence-corrected chi connectivity index (χ3v) is 4.30. The van der Waals surface area contributed by atoms with Gasteiger partial charge in [-0.05, 0) is 29.5 Å². The van der Waals surface area contributed by atoms with Crippen LogP contribution in [0.15, 0.2) is 45.6 Å². The van der Waals surface area contributed by atoms with Crippen molar-refractivity contribution >= 4 is 27.7 Å². The average molecular weight is 341 g/mol. The van der Waals surface area contributed by atoms with E-state index >= 15 is 0 Å². The molecule has 0 radical (unpaired) electrons. The molecule has 1 unspecified atom stereocenters. The summed E-state index contributed by atoms with van der Waals surface area (Å²) in [6.07, 6.45) is 0. The normalized spacial score (nSPS) is 12.8.